The number of rotatable bonds is 3. The number of hydrogen-bond donors (Lipinski definition) is 2. The van der Waals surface area contributed by atoms with E-state index in [1.165, 1.54) is 12.1 Å². The monoisotopic (exact) mass is 403 g/mol. The third kappa shape index (κ3) is 4.16. The Balaban J connectivity index is 1.95. The number of nitrogens with zero attached hydrogens (tertiary/aromatic N) is 1. The van der Waals surface area contributed by atoms with Crippen molar-refractivity contribution in [2.75, 3.05) is 11.9 Å². The molecule has 2 N–H and O–H groups in total. The Kier molecular flexibility index (Phi) is 5.46. The highest BCUT2D eigenvalue weighted by Gasteiger charge is 2.35. The molecule has 0 aliphatic carbocycles. The highest BCUT2D eigenvalue weighted by Crippen LogP contribution is 2.35. The zero-order valence-corrected chi connectivity index (χ0v) is 15.3. The second kappa shape index (κ2) is 7.83. The molecule has 2 amide bonds. The lowest BCUT2D eigenvalue weighted by molar-refractivity contribution is -0.137. The quantitative estimate of drug-likeness (QED) is 0.823. The largest absolute Gasteiger partial charge is 0.483 e. The first-order valence-electron chi connectivity index (χ1n) is 8.70. The van der Waals surface area contributed by atoms with Crippen molar-refractivity contribution in [2.45, 2.75) is 25.6 Å². The van der Waals surface area contributed by atoms with E-state index in [0.717, 1.165) is 11.6 Å². The number of halogens is 3. The first kappa shape index (κ1) is 20.2. The molecule has 0 bridgehead atoms. The van der Waals surface area contributed by atoms with Crippen LogP contribution in [0.1, 0.15) is 35.2 Å². The van der Waals surface area contributed by atoms with E-state index < -0.39 is 35.2 Å². The van der Waals surface area contributed by atoms with Crippen LogP contribution in [-0.4, -0.2) is 18.4 Å². The smallest absolute Gasteiger partial charge is 0.417 e. The van der Waals surface area contributed by atoms with Crippen LogP contribution in [-0.2, 0) is 22.2 Å². The normalized spacial score (nSPS) is 16.0. The minimum Gasteiger partial charge on any atom is -0.483 e. The summed E-state index contributed by atoms with van der Waals surface area (Å²) in [6, 6.07) is 8.34. The number of nitrogens with one attached hydrogen (secondary N) is 2. The molecule has 1 aliphatic heterocycles. The molecule has 1 heterocycles. The fourth-order valence-corrected chi connectivity index (χ4v) is 3.08. The van der Waals surface area contributed by atoms with E-state index >= 15 is 0 Å². The maximum atomic E-state index is 13.2. The molecule has 6 nitrogen and oxygen atoms in total. The summed E-state index contributed by atoms with van der Waals surface area (Å²) in [7, 11) is 0. The van der Waals surface area contributed by atoms with E-state index in [2.05, 4.69) is 10.6 Å². The van der Waals surface area contributed by atoms with Crippen LogP contribution < -0.4 is 15.4 Å². The number of carbonyl (C=O) groups excluding carboxylic acids is 2. The van der Waals surface area contributed by atoms with E-state index in [-0.39, 0.29) is 12.3 Å². The van der Waals surface area contributed by atoms with E-state index in [1.807, 2.05) is 6.92 Å². The summed E-state index contributed by atoms with van der Waals surface area (Å²) >= 11 is 0. The highest BCUT2D eigenvalue weighted by atomic mass is 19.4. The van der Waals surface area contributed by atoms with Gasteiger partial charge in [0.25, 0.3) is 11.8 Å². The maximum absolute atomic E-state index is 13.2. The van der Waals surface area contributed by atoms with Crippen LogP contribution in [0.3, 0.4) is 0 Å². The molecule has 0 aromatic heterocycles. The minimum absolute atomic E-state index is 0.145. The fraction of sp³-hybridized carbons (Fsp3) is 0.250. The number of ether oxygens (including phenoxy) is 1. The van der Waals surface area contributed by atoms with Crippen molar-refractivity contribution in [3.8, 4) is 11.8 Å². The first-order chi connectivity index (χ1) is 13.7. The van der Waals surface area contributed by atoms with E-state index in [9.17, 15) is 22.8 Å². The van der Waals surface area contributed by atoms with E-state index in [0.29, 0.717) is 23.8 Å². The Morgan fingerprint density at radius 3 is 2.76 bits per heavy atom. The number of aryl methyl sites for hydroxylation is 1. The molecular formula is C20H16F3N3O3. The highest BCUT2D eigenvalue weighted by molar-refractivity contribution is 5.99. The standard InChI is InChI=1S/C20H16F3N3O3/c1-2-11-4-3-5-14-17(26-16(27)10-29-18(11)14)19(28)25-13-7-6-12(9-24)15(8-13)20(21,22)23/h3-8,17H,2,10H2,1H3,(H,25,28)(H,26,27). The molecule has 0 radical (unpaired) electrons. The minimum atomic E-state index is -4.75. The summed E-state index contributed by atoms with van der Waals surface area (Å²) in [4.78, 5) is 24.8. The number of carbonyl (C=O) groups is 2. The van der Waals surface area contributed by atoms with Crippen molar-refractivity contribution in [2.24, 2.45) is 0 Å². The van der Waals surface area contributed by atoms with Crippen molar-refractivity contribution in [3.05, 3.63) is 58.7 Å². The Morgan fingerprint density at radius 2 is 2.10 bits per heavy atom. The summed E-state index contributed by atoms with van der Waals surface area (Å²) < 4.78 is 45.0. The van der Waals surface area contributed by atoms with Gasteiger partial charge >= 0.3 is 6.18 Å². The van der Waals surface area contributed by atoms with Gasteiger partial charge in [-0.25, -0.2) is 0 Å². The molecule has 0 saturated heterocycles. The number of fused-ring (bicyclic) bond motifs is 1. The summed E-state index contributed by atoms with van der Waals surface area (Å²) in [6.07, 6.45) is -4.14. The average molecular weight is 403 g/mol. The molecule has 29 heavy (non-hydrogen) atoms. The molecule has 2 aromatic rings. The van der Waals surface area contributed by atoms with Crippen LogP contribution in [0.5, 0.6) is 5.75 Å². The predicted octanol–water partition coefficient (Wildman–Crippen LogP) is 3.33. The lowest BCUT2D eigenvalue weighted by Gasteiger charge is -2.19. The van der Waals surface area contributed by atoms with Gasteiger partial charge in [0.1, 0.15) is 11.8 Å². The molecule has 9 heteroatoms. The van der Waals surface area contributed by atoms with Crippen LogP contribution in [0.2, 0.25) is 0 Å². The second-order valence-corrected chi connectivity index (χ2v) is 6.34. The van der Waals surface area contributed by atoms with Gasteiger partial charge in [0.2, 0.25) is 0 Å². The average Bonchev–Trinajstić information content (AvgIpc) is 2.86. The SMILES string of the molecule is CCc1cccc2c1OCC(=O)NC2C(=O)Nc1ccc(C#N)c(C(F)(F)F)c1. The lowest BCUT2D eigenvalue weighted by Crippen LogP contribution is -2.37. The topological polar surface area (TPSA) is 91.2 Å². The van der Waals surface area contributed by atoms with Crippen LogP contribution >= 0.6 is 0 Å². The Morgan fingerprint density at radius 1 is 1.34 bits per heavy atom. The summed E-state index contributed by atoms with van der Waals surface area (Å²) in [6.45, 7) is 1.62. The third-order valence-corrected chi connectivity index (χ3v) is 4.45. The maximum Gasteiger partial charge on any atom is 0.417 e. The van der Waals surface area contributed by atoms with Crippen molar-refractivity contribution in [1.82, 2.24) is 5.32 Å². The zero-order chi connectivity index (χ0) is 21.2. The van der Waals surface area contributed by atoms with Crippen LogP contribution in [0, 0.1) is 11.3 Å². The number of benzene rings is 2. The Bertz CT molecular complexity index is 1010. The van der Waals surface area contributed by atoms with Crippen molar-refractivity contribution >= 4 is 17.5 Å². The molecular weight excluding hydrogens is 387 g/mol. The molecule has 2 aromatic carbocycles. The molecule has 0 spiro atoms. The molecule has 1 aliphatic rings. The van der Waals surface area contributed by atoms with Gasteiger partial charge in [-0.2, -0.15) is 18.4 Å². The summed E-state index contributed by atoms with van der Waals surface area (Å²) in [5.41, 5.74) is -0.634. The van der Waals surface area contributed by atoms with Crippen molar-refractivity contribution < 1.29 is 27.5 Å². The summed E-state index contributed by atoms with van der Waals surface area (Å²) in [5.74, 6) is -0.847. The molecule has 3 rings (SSSR count). The van der Waals surface area contributed by atoms with Crippen LogP contribution in [0.4, 0.5) is 18.9 Å². The lowest BCUT2D eigenvalue weighted by atomic mass is 10.00. The van der Waals surface area contributed by atoms with Gasteiger partial charge in [-0.05, 0) is 30.2 Å². The predicted molar refractivity (Wildman–Crippen MR) is 97.0 cm³/mol. The van der Waals surface area contributed by atoms with Gasteiger partial charge in [-0.15, -0.1) is 0 Å². The molecule has 1 unspecified atom stereocenters. The van der Waals surface area contributed by atoms with Gasteiger partial charge in [0, 0.05) is 11.3 Å². The van der Waals surface area contributed by atoms with Crippen LogP contribution in [0.25, 0.3) is 0 Å². The molecule has 0 fully saturated rings. The first-order valence-corrected chi connectivity index (χ1v) is 8.70. The van der Waals surface area contributed by atoms with Gasteiger partial charge in [0.05, 0.1) is 17.2 Å². The third-order valence-electron chi connectivity index (χ3n) is 4.45. The van der Waals surface area contributed by atoms with Crippen LogP contribution in [0.15, 0.2) is 36.4 Å². The number of alkyl halides is 3. The molecule has 150 valence electrons. The van der Waals surface area contributed by atoms with Crippen molar-refractivity contribution in [3.63, 3.8) is 0 Å². The molecule has 0 saturated carbocycles. The summed E-state index contributed by atoms with van der Waals surface area (Å²) in [5, 5.41) is 13.8. The number of hydrogen-bond acceptors (Lipinski definition) is 4. The Hall–Kier alpha value is -3.54. The zero-order valence-electron chi connectivity index (χ0n) is 15.3. The van der Waals surface area contributed by atoms with E-state index in [1.54, 1.807) is 18.2 Å². The van der Waals surface area contributed by atoms with Gasteiger partial charge in [-0.3, -0.25) is 9.59 Å². The number of amides is 2. The Labute approximate surface area is 164 Å². The van der Waals surface area contributed by atoms with Gasteiger partial charge in [0.15, 0.2) is 6.61 Å². The number of anilines is 1. The number of para-hydroxylation sites is 1. The van der Waals surface area contributed by atoms with Crippen molar-refractivity contribution in [1.29, 1.82) is 5.26 Å². The fourth-order valence-electron chi connectivity index (χ4n) is 3.08. The van der Waals surface area contributed by atoms with Gasteiger partial charge in [-0.1, -0.05) is 25.1 Å². The number of nitriles is 1. The molecule has 1 atom stereocenters. The van der Waals surface area contributed by atoms with E-state index in [4.69, 9.17) is 10.00 Å². The van der Waals surface area contributed by atoms with Gasteiger partial charge < -0.3 is 15.4 Å². The second-order valence-electron chi connectivity index (χ2n) is 6.34.